The highest BCUT2D eigenvalue weighted by Gasteiger charge is 2.33. The summed E-state index contributed by atoms with van der Waals surface area (Å²) in [6.07, 6.45) is 1.47. The smallest absolute Gasteiger partial charge is 0.387 e. The van der Waals surface area contributed by atoms with Crippen LogP contribution in [-0.4, -0.2) is 22.0 Å². The molecule has 1 aromatic carbocycles. The van der Waals surface area contributed by atoms with Crippen molar-refractivity contribution < 1.29 is 23.0 Å². The van der Waals surface area contributed by atoms with E-state index in [-0.39, 0.29) is 29.2 Å². The van der Waals surface area contributed by atoms with Gasteiger partial charge < -0.3 is 9.47 Å². The van der Waals surface area contributed by atoms with E-state index in [0.717, 1.165) is 0 Å². The van der Waals surface area contributed by atoms with Gasteiger partial charge in [0.15, 0.2) is 0 Å². The van der Waals surface area contributed by atoms with Crippen LogP contribution in [0.5, 0.6) is 11.6 Å². The summed E-state index contributed by atoms with van der Waals surface area (Å²) in [6.45, 7) is -2.97. The third kappa shape index (κ3) is 2.79. The van der Waals surface area contributed by atoms with Gasteiger partial charge in [-0.1, -0.05) is 18.2 Å². The number of ether oxygens (including phenoxy) is 2. The second-order valence-electron chi connectivity index (χ2n) is 5.75. The van der Waals surface area contributed by atoms with Crippen molar-refractivity contribution >= 4 is 11.6 Å². The first-order valence-corrected chi connectivity index (χ1v) is 7.79. The van der Waals surface area contributed by atoms with Crippen LogP contribution in [0.1, 0.15) is 23.5 Å². The van der Waals surface area contributed by atoms with E-state index in [1.807, 2.05) is 0 Å². The molecule has 0 saturated carbocycles. The molecule has 3 heterocycles. The molecule has 3 aromatic rings. The van der Waals surface area contributed by atoms with Gasteiger partial charge in [0, 0.05) is 12.1 Å². The highest BCUT2D eigenvalue weighted by molar-refractivity contribution is 5.77. The number of carbonyl (C=O) groups is 1. The normalized spacial score (nSPS) is 16.4. The van der Waals surface area contributed by atoms with Crippen molar-refractivity contribution in [2.75, 3.05) is 0 Å². The van der Waals surface area contributed by atoms with Gasteiger partial charge in [0.05, 0.1) is 12.0 Å². The van der Waals surface area contributed by atoms with Crippen molar-refractivity contribution in [1.29, 1.82) is 0 Å². The fraction of sp³-hybridized carbons (Fsp3) is 0.167. The Morgan fingerprint density at radius 1 is 1.19 bits per heavy atom. The Hall–Kier alpha value is -3.29. The Bertz CT molecular complexity index is 1060. The zero-order valence-electron chi connectivity index (χ0n) is 13.3. The van der Waals surface area contributed by atoms with E-state index < -0.39 is 18.5 Å². The van der Waals surface area contributed by atoms with E-state index in [4.69, 9.17) is 4.74 Å². The number of fused-ring (bicyclic) bond motifs is 2. The molecule has 4 rings (SSSR count). The molecular weight excluding hydrogens is 346 g/mol. The predicted octanol–water partition coefficient (Wildman–Crippen LogP) is 2.74. The number of alkyl halides is 2. The monoisotopic (exact) mass is 358 g/mol. The van der Waals surface area contributed by atoms with Gasteiger partial charge >= 0.3 is 12.6 Å². The summed E-state index contributed by atoms with van der Waals surface area (Å²) in [5.41, 5.74) is 0.682. The van der Waals surface area contributed by atoms with E-state index in [2.05, 4.69) is 9.72 Å². The minimum atomic E-state index is -2.97. The van der Waals surface area contributed by atoms with Crippen molar-refractivity contribution in [2.24, 2.45) is 0 Å². The van der Waals surface area contributed by atoms with Crippen LogP contribution in [-0.2, 0) is 4.79 Å². The van der Waals surface area contributed by atoms with E-state index in [0.29, 0.717) is 11.2 Å². The number of halogens is 2. The molecule has 1 aliphatic heterocycles. The molecule has 0 radical (unpaired) electrons. The van der Waals surface area contributed by atoms with Gasteiger partial charge in [-0.05, 0) is 29.8 Å². The quantitative estimate of drug-likeness (QED) is 0.674. The number of rotatable bonds is 3. The number of nitrogens with zero attached hydrogens (tertiary/aromatic N) is 2. The Balaban J connectivity index is 1.89. The van der Waals surface area contributed by atoms with Gasteiger partial charge in [0.2, 0.25) is 5.88 Å². The highest BCUT2D eigenvalue weighted by atomic mass is 19.3. The lowest BCUT2D eigenvalue weighted by molar-refractivity contribution is -0.136. The second-order valence-corrected chi connectivity index (χ2v) is 5.75. The Kier molecular flexibility index (Phi) is 3.87. The predicted molar refractivity (Wildman–Crippen MR) is 86.6 cm³/mol. The van der Waals surface area contributed by atoms with E-state index in [9.17, 15) is 18.4 Å². The molecule has 1 atom stereocenters. The molecule has 26 heavy (non-hydrogen) atoms. The van der Waals surface area contributed by atoms with Crippen molar-refractivity contribution in [3.05, 3.63) is 70.1 Å². The molecule has 0 aliphatic carbocycles. The minimum Gasteiger partial charge on any atom is -0.435 e. The number of pyridine rings is 1. The van der Waals surface area contributed by atoms with Crippen LogP contribution in [0.15, 0.2) is 53.5 Å². The topological polar surface area (TPSA) is 69.9 Å². The van der Waals surface area contributed by atoms with E-state index >= 15 is 0 Å². The second kappa shape index (κ2) is 6.21. The van der Waals surface area contributed by atoms with Crippen molar-refractivity contribution in [2.45, 2.75) is 19.0 Å². The van der Waals surface area contributed by atoms with Crippen molar-refractivity contribution in [1.82, 2.24) is 9.38 Å². The van der Waals surface area contributed by atoms with E-state index in [1.54, 1.807) is 30.5 Å². The van der Waals surface area contributed by atoms with Crippen LogP contribution in [0, 0.1) is 0 Å². The molecule has 1 aliphatic rings. The maximum Gasteiger partial charge on any atom is 0.387 e. The lowest BCUT2D eigenvalue weighted by atomic mass is 9.88. The van der Waals surface area contributed by atoms with Crippen molar-refractivity contribution in [3.63, 3.8) is 0 Å². The summed E-state index contributed by atoms with van der Waals surface area (Å²) in [5.74, 6) is -1.31. The zero-order valence-corrected chi connectivity index (χ0v) is 13.3. The molecular formula is C18H12F2N2O4. The van der Waals surface area contributed by atoms with Gasteiger partial charge in [-0.3, -0.25) is 14.0 Å². The molecule has 6 nitrogen and oxygen atoms in total. The third-order valence-corrected chi connectivity index (χ3v) is 4.15. The lowest BCUT2D eigenvalue weighted by Crippen LogP contribution is -2.31. The summed E-state index contributed by atoms with van der Waals surface area (Å²) >= 11 is 0. The maximum absolute atomic E-state index is 12.9. The number of esters is 1. The van der Waals surface area contributed by atoms with Crippen LogP contribution in [0.3, 0.4) is 0 Å². The zero-order chi connectivity index (χ0) is 18.3. The first-order chi connectivity index (χ1) is 12.5. The molecule has 2 aromatic heterocycles. The number of hydrogen-bond donors (Lipinski definition) is 0. The molecule has 0 spiro atoms. The maximum atomic E-state index is 12.9. The van der Waals surface area contributed by atoms with Gasteiger partial charge in [-0.15, -0.1) is 0 Å². The van der Waals surface area contributed by atoms with Crippen LogP contribution in [0.4, 0.5) is 8.78 Å². The van der Waals surface area contributed by atoms with E-state index in [1.165, 1.54) is 22.6 Å². The molecule has 0 amide bonds. The summed E-state index contributed by atoms with van der Waals surface area (Å²) in [6, 6.07) is 11.0. The molecule has 132 valence electrons. The first kappa shape index (κ1) is 16.2. The third-order valence-electron chi connectivity index (χ3n) is 4.15. The van der Waals surface area contributed by atoms with Crippen LogP contribution >= 0.6 is 0 Å². The first-order valence-electron chi connectivity index (χ1n) is 7.79. The standard InChI is InChI=1S/C18H12F2N2O4/c19-18(20)25-11-5-3-4-10(8-11)12-9-14(23)26-16-15(12)17(24)22-7-2-1-6-13(22)21-16/h1-8,12,18H,9H2/t12-/m0/s1. The number of aromatic nitrogens is 2. The molecule has 8 heteroatoms. The summed E-state index contributed by atoms with van der Waals surface area (Å²) in [7, 11) is 0. The number of hydrogen-bond acceptors (Lipinski definition) is 5. The molecule has 0 saturated heterocycles. The van der Waals surface area contributed by atoms with Gasteiger partial charge in [-0.2, -0.15) is 13.8 Å². The lowest BCUT2D eigenvalue weighted by Gasteiger charge is -2.24. The Labute approximate surface area is 145 Å². The number of benzene rings is 1. The Morgan fingerprint density at radius 2 is 2.04 bits per heavy atom. The fourth-order valence-electron chi connectivity index (χ4n) is 3.07. The SMILES string of the molecule is O=C1C[C@@H](c2cccc(OC(F)F)c2)c2c(nc3ccccn3c2=O)O1. The summed E-state index contributed by atoms with van der Waals surface area (Å²) < 4.78 is 35.9. The summed E-state index contributed by atoms with van der Waals surface area (Å²) in [4.78, 5) is 29.1. The molecule has 0 N–H and O–H groups in total. The summed E-state index contributed by atoms with van der Waals surface area (Å²) in [5, 5.41) is 0. The van der Waals surface area contributed by atoms with Crippen LogP contribution in [0.25, 0.3) is 5.65 Å². The average molecular weight is 358 g/mol. The molecule has 0 bridgehead atoms. The largest absolute Gasteiger partial charge is 0.435 e. The fourth-order valence-corrected chi connectivity index (χ4v) is 3.07. The van der Waals surface area contributed by atoms with Crippen molar-refractivity contribution in [3.8, 4) is 11.6 Å². The molecule has 0 unspecified atom stereocenters. The van der Waals surface area contributed by atoms with Crippen LogP contribution < -0.4 is 15.0 Å². The van der Waals surface area contributed by atoms with Gasteiger partial charge in [-0.25, -0.2) is 0 Å². The minimum absolute atomic E-state index is 0.0492. The van der Waals surface area contributed by atoms with Gasteiger partial charge in [0.1, 0.15) is 11.4 Å². The average Bonchev–Trinajstić information content (AvgIpc) is 2.60. The van der Waals surface area contributed by atoms with Crippen LogP contribution in [0.2, 0.25) is 0 Å². The highest BCUT2D eigenvalue weighted by Crippen LogP contribution is 2.36. The Morgan fingerprint density at radius 3 is 2.85 bits per heavy atom. The number of carbonyl (C=O) groups excluding carboxylic acids is 1. The molecule has 0 fully saturated rings. The van der Waals surface area contributed by atoms with Gasteiger partial charge in [0.25, 0.3) is 5.56 Å².